The van der Waals surface area contributed by atoms with Crippen LogP contribution in [0.25, 0.3) is 0 Å². The maximum atomic E-state index is 5.45. The van der Waals surface area contributed by atoms with Crippen molar-refractivity contribution < 1.29 is 4.74 Å². The van der Waals surface area contributed by atoms with Crippen LogP contribution in [0, 0.1) is 0 Å². The van der Waals surface area contributed by atoms with Crippen molar-refractivity contribution in [3.05, 3.63) is 11.9 Å². The molecule has 0 amide bonds. The van der Waals surface area contributed by atoms with E-state index in [-0.39, 0.29) is 0 Å². The number of rotatable bonds is 5. The molecule has 1 aliphatic heterocycles. The molecule has 0 spiro atoms. The number of hydrogen-bond donors (Lipinski definition) is 2. The van der Waals surface area contributed by atoms with E-state index in [1.54, 1.807) is 0 Å². The normalized spacial score (nSPS) is 18.9. The highest BCUT2D eigenvalue weighted by Crippen LogP contribution is 2.20. The zero-order valence-corrected chi connectivity index (χ0v) is 11.0. The molecule has 0 aromatic carbocycles. The van der Waals surface area contributed by atoms with Gasteiger partial charge < -0.3 is 15.1 Å². The zero-order chi connectivity index (χ0) is 13.0. The number of ether oxygens (including phenoxy) is 1. The van der Waals surface area contributed by atoms with Gasteiger partial charge in [-0.05, 0) is 12.8 Å². The molecular weight excluding hydrogens is 230 g/mol. The van der Waals surface area contributed by atoms with Crippen LogP contribution in [-0.2, 0) is 11.2 Å². The van der Waals surface area contributed by atoms with Gasteiger partial charge in [-0.2, -0.15) is 0 Å². The number of nitrogens with two attached hydrogens (primary N) is 1. The van der Waals surface area contributed by atoms with Crippen LogP contribution >= 0.6 is 0 Å². The van der Waals surface area contributed by atoms with Gasteiger partial charge in [-0.3, -0.25) is 0 Å². The van der Waals surface area contributed by atoms with E-state index in [2.05, 4.69) is 27.2 Å². The van der Waals surface area contributed by atoms with Crippen LogP contribution in [-0.4, -0.2) is 36.3 Å². The van der Waals surface area contributed by atoms with Crippen LogP contribution in [0.1, 0.15) is 25.6 Å². The van der Waals surface area contributed by atoms with E-state index in [1.807, 2.05) is 13.1 Å². The first-order chi connectivity index (χ1) is 8.74. The number of hydrogen-bond acceptors (Lipinski definition) is 6. The third-order valence-corrected chi connectivity index (χ3v) is 3.20. The maximum absolute atomic E-state index is 5.45. The second-order valence-electron chi connectivity index (χ2n) is 4.55. The second-order valence-corrected chi connectivity index (χ2v) is 4.55. The van der Waals surface area contributed by atoms with Crippen LogP contribution < -0.4 is 16.2 Å². The van der Waals surface area contributed by atoms with E-state index in [9.17, 15) is 0 Å². The molecule has 2 heterocycles. The average molecular weight is 251 g/mol. The number of hydrazine groups is 1. The van der Waals surface area contributed by atoms with Crippen LogP contribution in [0.15, 0.2) is 6.07 Å². The number of aromatic nitrogens is 2. The van der Waals surface area contributed by atoms with E-state index in [0.717, 1.165) is 44.1 Å². The minimum Gasteiger partial charge on any atom is -0.379 e. The topological polar surface area (TPSA) is 76.3 Å². The third-order valence-electron chi connectivity index (χ3n) is 3.20. The molecule has 6 nitrogen and oxygen atoms in total. The zero-order valence-electron chi connectivity index (χ0n) is 11.0. The van der Waals surface area contributed by atoms with E-state index in [1.165, 1.54) is 0 Å². The second kappa shape index (κ2) is 5.97. The lowest BCUT2D eigenvalue weighted by Crippen LogP contribution is -2.33. The highest BCUT2D eigenvalue weighted by Gasteiger charge is 2.22. The first-order valence-corrected chi connectivity index (χ1v) is 6.39. The predicted octanol–water partition coefficient (Wildman–Crippen LogP) is 0.940. The van der Waals surface area contributed by atoms with Crippen molar-refractivity contribution in [2.75, 3.05) is 30.6 Å². The largest absolute Gasteiger partial charge is 0.379 e. The lowest BCUT2D eigenvalue weighted by molar-refractivity contribution is 0.193. The Morgan fingerprint density at radius 2 is 2.39 bits per heavy atom. The lowest BCUT2D eigenvalue weighted by Gasteiger charge is -2.24. The van der Waals surface area contributed by atoms with Gasteiger partial charge in [0.15, 0.2) is 0 Å². The Bertz CT molecular complexity index is 392. The van der Waals surface area contributed by atoms with Crippen molar-refractivity contribution in [2.24, 2.45) is 5.84 Å². The molecule has 0 saturated carbocycles. The molecule has 18 heavy (non-hydrogen) atoms. The molecule has 1 aliphatic rings. The maximum Gasteiger partial charge on any atom is 0.145 e. The summed E-state index contributed by atoms with van der Waals surface area (Å²) in [6.07, 6.45) is 2.91. The van der Waals surface area contributed by atoms with Gasteiger partial charge in [0, 0.05) is 26.1 Å². The summed E-state index contributed by atoms with van der Waals surface area (Å²) in [7, 11) is 2.04. The Labute approximate surface area is 108 Å². The molecule has 1 unspecified atom stereocenters. The summed E-state index contributed by atoms with van der Waals surface area (Å²) in [5, 5.41) is 0. The third kappa shape index (κ3) is 2.88. The highest BCUT2D eigenvalue weighted by molar-refractivity contribution is 5.49. The van der Waals surface area contributed by atoms with Gasteiger partial charge in [0.1, 0.15) is 17.5 Å². The Balaban J connectivity index is 2.21. The van der Waals surface area contributed by atoms with Crippen molar-refractivity contribution in [3.8, 4) is 0 Å². The summed E-state index contributed by atoms with van der Waals surface area (Å²) in [6, 6.07) is 2.26. The lowest BCUT2D eigenvalue weighted by atomic mass is 10.2. The molecule has 6 heteroatoms. The van der Waals surface area contributed by atoms with Crippen LogP contribution in [0.3, 0.4) is 0 Å². The molecule has 3 N–H and O–H groups in total. The Kier molecular flexibility index (Phi) is 4.33. The van der Waals surface area contributed by atoms with Gasteiger partial charge in [-0.15, -0.1) is 0 Å². The van der Waals surface area contributed by atoms with Crippen LogP contribution in [0.4, 0.5) is 11.6 Å². The summed E-state index contributed by atoms with van der Waals surface area (Å²) in [4.78, 5) is 11.1. The summed E-state index contributed by atoms with van der Waals surface area (Å²) in [6.45, 7) is 3.69. The quantitative estimate of drug-likeness (QED) is 0.599. The number of anilines is 2. The molecule has 0 aliphatic carbocycles. The number of aryl methyl sites for hydroxylation is 1. The molecule has 2 rings (SSSR count). The number of nitrogens with zero attached hydrogens (tertiary/aromatic N) is 3. The minimum absolute atomic E-state index is 0.389. The number of nitrogens with one attached hydrogen (secondary N) is 1. The first kappa shape index (κ1) is 13.0. The fraction of sp³-hybridized carbons (Fsp3) is 0.667. The smallest absolute Gasteiger partial charge is 0.145 e. The summed E-state index contributed by atoms with van der Waals surface area (Å²) < 4.78 is 5.41. The Morgan fingerprint density at radius 3 is 3.00 bits per heavy atom. The van der Waals surface area contributed by atoms with Crippen molar-refractivity contribution in [3.63, 3.8) is 0 Å². The number of likely N-dealkylation sites (N-methyl/N-ethyl adjacent to an activating group) is 1. The standard InChI is InChI=1S/C12H21N5O/c1-3-4-10-14-11(16-13)7-12(15-10)17(2)9-5-6-18-8-9/h7,9H,3-6,8,13H2,1-2H3,(H,14,15,16). The molecule has 1 atom stereocenters. The fourth-order valence-electron chi connectivity index (χ4n) is 2.09. The summed E-state index contributed by atoms with van der Waals surface area (Å²) >= 11 is 0. The molecular formula is C12H21N5O. The first-order valence-electron chi connectivity index (χ1n) is 6.39. The van der Waals surface area contributed by atoms with Gasteiger partial charge in [-0.25, -0.2) is 15.8 Å². The summed E-state index contributed by atoms with van der Waals surface area (Å²) in [5.74, 6) is 7.84. The van der Waals surface area contributed by atoms with Gasteiger partial charge in [-0.1, -0.05) is 6.92 Å². The SMILES string of the molecule is CCCc1nc(NN)cc(N(C)C2CCOC2)n1. The predicted molar refractivity (Wildman–Crippen MR) is 71.5 cm³/mol. The molecule has 1 aromatic rings. The number of nitrogen functional groups attached to an aromatic ring is 1. The van der Waals surface area contributed by atoms with E-state index < -0.39 is 0 Å². The summed E-state index contributed by atoms with van der Waals surface area (Å²) in [5.41, 5.74) is 2.60. The highest BCUT2D eigenvalue weighted by atomic mass is 16.5. The minimum atomic E-state index is 0.389. The van der Waals surface area contributed by atoms with Gasteiger partial charge in [0.2, 0.25) is 0 Å². The molecule has 0 bridgehead atoms. The van der Waals surface area contributed by atoms with Crippen LogP contribution in [0.5, 0.6) is 0 Å². The average Bonchev–Trinajstić information content (AvgIpc) is 2.91. The Morgan fingerprint density at radius 1 is 1.56 bits per heavy atom. The van der Waals surface area contributed by atoms with E-state index in [4.69, 9.17) is 10.6 Å². The van der Waals surface area contributed by atoms with Gasteiger partial charge in [0.05, 0.1) is 12.6 Å². The van der Waals surface area contributed by atoms with Crippen LogP contribution in [0.2, 0.25) is 0 Å². The van der Waals surface area contributed by atoms with Crippen molar-refractivity contribution in [2.45, 2.75) is 32.2 Å². The van der Waals surface area contributed by atoms with Gasteiger partial charge in [0.25, 0.3) is 0 Å². The molecule has 1 aromatic heterocycles. The fourth-order valence-corrected chi connectivity index (χ4v) is 2.09. The Hall–Kier alpha value is -1.40. The monoisotopic (exact) mass is 251 g/mol. The molecule has 1 saturated heterocycles. The van der Waals surface area contributed by atoms with Crippen molar-refractivity contribution in [1.29, 1.82) is 0 Å². The molecule has 0 radical (unpaired) electrons. The van der Waals surface area contributed by atoms with E-state index in [0.29, 0.717) is 11.9 Å². The molecule has 1 fully saturated rings. The van der Waals surface area contributed by atoms with E-state index >= 15 is 0 Å². The van der Waals surface area contributed by atoms with Crippen molar-refractivity contribution in [1.82, 2.24) is 9.97 Å². The van der Waals surface area contributed by atoms with Gasteiger partial charge >= 0.3 is 0 Å². The van der Waals surface area contributed by atoms with Crippen molar-refractivity contribution >= 4 is 11.6 Å². The molecule has 100 valence electrons.